The van der Waals surface area contributed by atoms with E-state index in [-0.39, 0.29) is 11.8 Å². The molecule has 0 spiro atoms. The van der Waals surface area contributed by atoms with Crippen LogP contribution in [0.3, 0.4) is 0 Å². The number of anilines is 1. The third kappa shape index (κ3) is 6.38. The third-order valence-corrected chi connectivity index (χ3v) is 2.45. The van der Waals surface area contributed by atoms with Gasteiger partial charge in [-0.3, -0.25) is 14.4 Å². The highest BCUT2D eigenvalue weighted by atomic mass is 16.5. The van der Waals surface area contributed by atoms with Gasteiger partial charge in [0.25, 0.3) is 0 Å². The molecule has 0 saturated carbocycles. The summed E-state index contributed by atoms with van der Waals surface area (Å²) in [6, 6.07) is 5.34. The van der Waals surface area contributed by atoms with E-state index in [0.29, 0.717) is 17.8 Å². The fourth-order valence-electron chi connectivity index (χ4n) is 1.59. The van der Waals surface area contributed by atoms with Crippen LogP contribution in [-0.2, 0) is 25.7 Å². The van der Waals surface area contributed by atoms with Gasteiger partial charge in [0.05, 0.1) is 6.26 Å². The minimum absolute atomic E-state index is 0.130. The van der Waals surface area contributed by atoms with E-state index in [4.69, 9.17) is 4.74 Å². The van der Waals surface area contributed by atoms with Crippen LogP contribution in [0.15, 0.2) is 24.5 Å². The first-order valence-corrected chi connectivity index (χ1v) is 6.37. The van der Waals surface area contributed by atoms with Crippen molar-refractivity contribution in [3.8, 4) is 0 Å². The van der Waals surface area contributed by atoms with Crippen LogP contribution in [0.5, 0.6) is 0 Å². The van der Waals surface area contributed by atoms with Crippen molar-refractivity contribution in [2.75, 3.05) is 5.32 Å². The highest BCUT2D eigenvalue weighted by Crippen LogP contribution is 2.19. The van der Waals surface area contributed by atoms with Crippen molar-refractivity contribution >= 4 is 29.5 Å². The van der Waals surface area contributed by atoms with Crippen LogP contribution in [0.4, 0.5) is 5.69 Å². The fourth-order valence-corrected chi connectivity index (χ4v) is 1.59. The lowest BCUT2D eigenvalue weighted by Gasteiger charge is -2.10. The number of hydrogen-bond acceptors (Lipinski definition) is 4. The molecule has 0 heterocycles. The second kappa shape index (κ2) is 7.84. The normalized spacial score (nSPS) is 10.2. The number of amides is 2. The van der Waals surface area contributed by atoms with E-state index < -0.39 is 5.97 Å². The number of nitrogens with one attached hydrogen (secondary N) is 2. The molecule has 0 fully saturated rings. The number of hydrogen-bond donors (Lipinski definition) is 2. The van der Waals surface area contributed by atoms with Crippen molar-refractivity contribution in [2.24, 2.45) is 0 Å². The molecule has 0 aromatic heterocycles. The van der Waals surface area contributed by atoms with Gasteiger partial charge in [0.15, 0.2) is 0 Å². The van der Waals surface area contributed by atoms with E-state index in [0.717, 1.165) is 5.56 Å². The van der Waals surface area contributed by atoms with Crippen molar-refractivity contribution in [1.82, 2.24) is 5.32 Å². The molecule has 1 rings (SSSR count). The predicted molar refractivity (Wildman–Crippen MR) is 79.1 cm³/mol. The summed E-state index contributed by atoms with van der Waals surface area (Å²) in [4.78, 5) is 32.9. The SMILES string of the molecule is CC(=O)NCc1ccc(/C=C\OC(C)=O)c(NC(C)=O)c1. The van der Waals surface area contributed by atoms with Gasteiger partial charge < -0.3 is 15.4 Å². The van der Waals surface area contributed by atoms with Crippen molar-refractivity contribution < 1.29 is 19.1 Å². The molecule has 6 nitrogen and oxygen atoms in total. The Hall–Kier alpha value is -2.63. The number of esters is 1. The molecule has 0 aliphatic heterocycles. The molecule has 0 saturated heterocycles. The van der Waals surface area contributed by atoms with Gasteiger partial charge in [0.1, 0.15) is 0 Å². The topological polar surface area (TPSA) is 84.5 Å². The van der Waals surface area contributed by atoms with Crippen LogP contribution < -0.4 is 10.6 Å². The quantitative estimate of drug-likeness (QED) is 0.640. The smallest absolute Gasteiger partial charge is 0.307 e. The Balaban J connectivity index is 2.95. The molecule has 0 aliphatic carbocycles. The van der Waals surface area contributed by atoms with Gasteiger partial charge in [0.2, 0.25) is 11.8 Å². The maximum absolute atomic E-state index is 11.2. The minimum Gasteiger partial charge on any atom is -0.435 e. The molecule has 112 valence electrons. The largest absolute Gasteiger partial charge is 0.435 e. The molecular weight excluding hydrogens is 272 g/mol. The molecule has 6 heteroatoms. The second-order valence-corrected chi connectivity index (χ2v) is 4.42. The summed E-state index contributed by atoms with van der Waals surface area (Å²) in [5.74, 6) is -0.765. The zero-order chi connectivity index (χ0) is 15.8. The third-order valence-electron chi connectivity index (χ3n) is 2.45. The van der Waals surface area contributed by atoms with Crippen molar-refractivity contribution in [1.29, 1.82) is 0 Å². The van der Waals surface area contributed by atoms with Crippen LogP contribution in [0.2, 0.25) is 0 Å². The zero-order valence-corrected chi connectivity index (χ0v) is 12.2. The van der Waals surface area contributed by atoms with Crippen LogP contribution in [0.1, 0.15) is 31.9 Å². The van der Waals surface area contributed by atoms with E-state index in [1.54, 1.807) is 18.2 Å². The van der Waals surface area contributed by atoms with Crippen molar-refractivity contribution in [2.45, 2.75) is 27.3 Å². The standard InChI is InChI=1S/C15H18N2O4/c1-10(18)16-9-13-4-5-14(6-7-21-12(3)20)15(8-13)17-11(2)19/h4-8H,9H2,1-3H3,(H,16,18)(H,17,19)/b7-6-. The number of carbonyl (C=O) groups is 3. The number of ether oxygens (including phenoxy) is 1. The summed E-state index contributed by atoms with van der Waals surface area (Å²) in [6.07, 6.45) is 2.84. The molecule has 2 amide bonds. The Bertz CT molecular complexity index is 579. The van der Waals surface area contributed by atoms with E-state index in [1.807, 2.05) is 6.07 Å². The summed E-state index contributed by atoms with van der Waals surface area (Å²) >= 11 is 0. The van der Waals surface area contributed by atoms with Gasteiger partial charge in [0, 0.05) is 38.6 Å². The number of rotatable bonds is 5. The highest BCUT2D eigenvalue weighted by molar-refractivity contribution is 5.91. The second-order valence-electron chi connectivity index (χ2n) is 4.42. The molecule has 0 atom stereocenters. The summed E-state index contributed by atoms with van der Waals surface area (Å²) in [5.41, 5.74) is 2.12. The Morgan fingerprint density at radius 3 is 2.43 bits per heavy atom. The first-order valence-electron chi connectivity index (χ1n) is 6.37. The van der Waals surface area contributed by atoms with Crippen molar-refractivity contribution in [3.63, 3.8) is 0 Å². The molecule has 0 aliphatic rings. The predicted octanol–water partition coefficient (Wildman–Crippen LogP) is 1.81. The molecule has 1 aromatic carbocycles. The Morgan fingerprint density at radius 2 is 1.86 bits per heavy atom. The molecule has 0 unspecified atom stereocenters. The minimum atomic E-state index is -0.422. The Morgan fingerprint density at radius 1 is 1.14 bits per heavy atom. The molecule has 21 heavy (non-hydrogen) atoms. The lowest BCUT2D eigenvalue weighted by atomic mass is 10.1. The maximum Gasteiger partial charge on any atom is 0.307 e. The average molecular weight is 290 g/mol. The summed E-state index contributed by atoms with van der Waals surface area (Å²) in [6.45, 7) is 4.51. The van der Waals surface area contributed by atoms with Crippen LogP contribution >= 0.6 is 0 Å². The van der Waals surface area contributed by atoms with Gasteiger partial charge >= 0.3 is 5.97 Å². The first-order chi connectivity index (χ1) is 9.88. The van der Waals surface area contributed by atoms with Gasteiger partial charge in [-0.2, -0.15) is 0 Å². The van der Waals surface area contributed by atoms with Crippen LogP contribution in [-0.4, -0.2) is 17.8 Å². The molecule has 0 bridgehead atoms. The lowest BCUT2D eigenvalue weighted by molar-refractivity contribution is -0.135. The Labute approximate surface area is 123 Å². The number of benzene rings is 1. The van der Waals surface area contributed by atoms with E-state index in [9.17, 15) is 14.4 Å². The molecule has 2 N–H and O–H groups in total. The summed E-state index contributed by atoms with van der Waals surface area (Å²) < 4.78 is 4.73. The zero-order valence-electron chi connectivity index (χ0n) is 12.2. The molecule has 0 radical (unpaired) electrons. The molecule has 1 aromatic rings. The monoisotopic (exact) mass is 290 g/mol. The van der Waals surface area contributed by atoms with Gasteiger partial charge in [-0.25, -0.2) is 0 Å². The van der Waals surface area contributed by atoms with E-state index in [1.165, 1.54) is 27.0 Å². The van der Waals surface area contributed by atoms with Crippen LogP contribution in [0.25, 0.3) is 6.08 Å². The first kappa shape index (κ1) is 16.4. The summed E-state index contributed by atoms with van der Waals surface area (Å²) in [5, 5.41) is 5.38. The Kier molecular flexibility index (Phi) is 6.13. The maximum atomic E-state index is 11.2. The highest BCUT2D eigenvalue weighted by Gasteiger charge is 2.04. The van der Waals surface area contributed by atoms with Gasteiger partial charge in [-0.05, 0) is 17.7 Å². The fraction of sp³-hybridized carbons (Fsp3) is 0.267. The van der Waals surface area contributed by atoms with Gasteiger partial charge in [-0.15, -0.1) is 0 Å². The number of carbonyl (C=O) groups excluding carboxylic acids is 3. The van der Waals surface area contributed by atoms with Gasteiger partial charge in [-0.1, -0.05) is 12.1 Å². The van der Waals surface area contributed by atoms with E-state index in [2.05, 4.69) is 10.6 Å². The van der Waals surface area contributed by atoms with E-state index >= 15 is 0 Å². The molecular formula is C15H18N2O4. The summed E-state index contributed by atoms with van der Waals surface area (Å²) in [7, 11) is 0. The lowest BCUT2D eigenvalue weighted by Crippen LogP contribution is -2.19. The van der Waals surface area contributed by atoms with Crippen molar-refractivity contribution in [3.05, 3.63) is 35.6 Å². The average Bonchev–Trinajstić information content (AvgIpc) is 2.37. The van der Waals surface area contributed by atoms with Crippen LogP contribution in [0, 0.1) is 0 Å².